The Bertz CT molecular complexity index is 549. The van der Waals surface area contributed by atoms with Gasteiger partial charge < -0.3 is 22.1 Å². The van der Waals surface area contributed by atoms with Crippen LogP contribution < -0.4 is 22.1 Å². The van der Waals surface area contributed by atoms with E-state index in [1.165, 1.54) is 26.3 Å². The van der Waals surface area contributed by atoms with E-state index in [2.05, 4.69) is 17.6 Å². The summed E-state index contributed by atoms with van der Waals surface area (Å²) in [4.78, 5) is 23.5. The van der Waals surface area contributed by atoms with E-state index in [4.69, 9.17) is 11.5 Å². The van der Waals surface area contributed by atoms with Gasteiger partial charge in [0.15, 0.2) is 0 Å². The quantitative estimate of drug-likeness (QED) is 0.658. The standard InChI is InChI=1S/C13H20N4O2S/c1-13(4-3-5-13)6-17-12-7(11(19)16-2)8(14)9(20-12)10(15)18/h17H,3-6,14H2,1-2H3,(H2,15,18)(H,16,19). The second-order valence-electron chi connectivity index (χ2n) is 5.51. The molecular formula is C13H20N4O2S. The third-order valence-electron chi connectivity index (χ3n) is 3.86. The van der Waals surface area contributed by atoms with Crippen LogP contribution in [0.1, 0.15) is 46.2 Å². The van der Waals surface area contributed by atoms with Gasteiger partial charge >= 0.3 is 0 Å². The highest BCUT2D eigenvalue weighted by atomic mass is 32.1. The van der Waals surface area contributed by atoms with Crippen LogP contribution in [0.25, 0.3) is 0 Å². The van der Waals surface area contributed by atoms with E-state index in [0.29, 0.717) is 10.6 Å². The average Bonchev–Trinajstić information content (AvgIpc) is 2.70. The van der Waals surface area contributed by atoms with E-state index in [1.54, 1.807) is 0 Å². The number of rotatable bonds is 5. The first kappa shape index (κ1) is 14.6. The lowest BCUT2D eigenvalue weighted by Gasteiger charge is -2.38. The van der Waals surface area contributed by atoms with Crippen LogP contribution in [0.2, 0.25) is 0 Å². The topological polar surface area (TPSA) is 110 Å². The number of hydrogen-bond acceptors (Lipinski definition) is 5. The summed E-state index contributed by atoms with van der Waals surface area (Å²) in [5, 5.41) is 6.41. The molecule has 6 N–H and O–H groups in total. The second-order valence-corrected chi connectivity index (χ2v) is 6.53. The van der Waals surface area contributed by atoms with Crippen molar-refractivity contribution in [3.8, 4) is 0 Å². The van der Waals surface area contributed by atoms with Crippen LogP contribution in [0.5, 0.6) is 0 Å². The van der Waals surface area contributed by atoms with Crippen LogP contribution in [0.3, 0.4) is 0 Å². The lowest BCUT2D eigenvalue weighted by molar-refractivity contribution is 0.0964. The van der Waals surface area contributed by atoms with Crippen molar-refractivity contribution in [1.29, 1.82) is 0 Å². The van der Waals surface area contributed by atoms with Crippen molar-refractivity contribution >= 4 is 33.8 Å². The van der Waals surface area contributed by atoms with E-state index in [-0.39, 0.29) is 21.9 Å². The molecule has 0 spiro atoms. The van der Waals surface area contributed by atoms with E-state index < -0.39 is 5.91 Å². The highest BCUT2D eigenvalue weighted by molar-refractivity contribution is 7.19. The van der Waals surface area contributed by atoms with Crippen molar-refractivity contribution in [2.24, 2.45) is 11.1 Å². The van der Waals surface area contributed by atoms with Gasteiger partial charge in [-0.2, -0.15) is 0 Å². The summed E-state index contributed by atoms with van der Waals surface area (Å²) in [6.07, 6.45) is 3.57. The van der Waals surface area contributed by atoms with Gasteiger partial charge in [0.2, 0.25) is 0 Å². The molecule has 20 heavy (non-hydrogen) atoms. The first-order valence-electron chi connectivity index (χ1n) is 6.56. The number of anilines is 2. The summed E-state index contributed by atoms with van der Waals surface area (Å²) in [5.41, 5.74) is 11.9. The van der Waals surface area contributed by atoms with E-state index in [1.807, 2.05) is 0 Å². The van der Waals surface area contributed by atoms with Gasteiger partial charge in [-0.25, -0.2) is 0 Å². The maximum absolute atomic E-state index is 11.9. The molecule has 0 bridgehead atoms. The number of nitrogens with two attached hydrogens (primary N) is 2. The SMILES string of the molecule is CNC(=O)c1c(NCC2(C)CCC2)sc(C(N)=O)c1N. The van der Waals surface area contributed by atoms with Crippen LogP contribution in [0.4, 0.5) is 10.7 Å². The lowest BCUT2D eigenvalue weighted by atomic mass is 9.70. The zero-order valence-corrected chi connectivity index (χ0v) is 12.5. The third kappa shape index (κ3) is 2.58. The van der Waals surface area contributed by atoms with Crippen molar-refractivity contribution in [3.63, 3.8) is 0 Å². The van der Waals surface area contributed by atoms with E-state index >= 15 is 0 Å². The number of nitrogens with one attached hydrogen (secondary N) is 2. The molecular weight excluding hydrogens is 276 g/mol. The Labute approximate surface area is 121 Å². The van der Waals surface area contributed by atoms with Crippen LogP contribution >= 0.6 is 11.3 Å². The molecule has 6 nitrogen and oxygen atoms in total. The molecule has 1 aromatic rings. The Morgan fingerprint density at radius 2 is 2.05 bits per heavy atom. The first-order chi connectivity index (χ1) is 9.38. The van der Waals surface area contributed by atoms with Crippen molar-refractivity contribution < 1.29 is 9.59 Å². The van der Waals surface area contributed by atoms with Crippen molar-refractivity contribution in [2.75, 3.05) is 24.6 Å². The van der Waals surface area contributed by atoms with E-state index in [9.17, 15) is 9.59 Å². The van der Waals surface area contributed by atoms with Gasteiger partial charge in [0.1, 0.15) is 9.88 Å². The molecule has 1 heterocycles. The fraction of sp³-hybridized carbons (Fsp3) is 0.538. The molecule has 0 unspecified atom stereocenters. The molecule has 1 aliphatic rings. The molecule has 0 radical (unpaired) electrons. The zero-order valence-electron chi connectivity index (χ0n) is 11.7. The number of carbonyl (C=O) groups is 2. The monoisotopic (exact) mass is 296 g/mol. The van der Waals surface area contributed by atoms with Crippen molar-refractivity contribution in [3.05, 3.63) is 10.4 Å². The predicted molar refractivity (Wildman–Crippen MR) is 81.1 cm³/mol. The summed E-state index contributed by atoms with van der Waals surface area (Å²) in [5.74, 6) is -0.923. The van der Waals surface area contributed by atoms with Crippen LogP contribution in [-0.4, -0.2) is 25.4 Å². The summed E-state index contributed by atoms with van der Waals surface area (Å²) < 4.78 is 0. The minimum absolute atomic E-state index is 0.156. The smallest absolute Gasteiger partial charge is 0.260 e. The van der Waals surface area contributed by atoms with Gasteiger partial charge in [0, 0.05) is 13.6 Å². The maximum Gasteiger partial charge on any atom is 0.260 e. The molecule has 1 aromatic heterocycles. The van der Waals surface area contributed by atoms with Crippen LogP contribution in [-0.2, 0) is 0 Å². The van der Waals surface area contributed by atoms with Crippen molar-refractivity contribution in [1.82, 2.24) is 5.32 Å². The minimum Gasteiger partial charge on any atom is -0.397 e. The molecule has 2 rings (SSSR count). The molecule has 1 fully saturated rings. The van der Waals surface area contributed by atoms with Gasteiger partial charge in [-0.3, -0.25) is 9.59 Å². The maximum atomic E-state index is 11.9. The molecule has 2 amide bonds. The normalized spacial score (nSPS) is 16.3. The number of carbonyl (C=O) groups excluding carboxylic acids is 2. The lowest BCUT2D eigenvalue weighted by Crippen LogP contribution is -2.33. The highest BCUT2D eigenvalue weighted by Crippen LogP contribution is 2.42. The van der Waals surface area contributed by atoms with Crippen molar-refractivity contribution in [2.45, 2.75) is 26.2 Å². The molecule has 1 aliphatic carbocycles. The van der Waals surface area contributed by atoms with Crippen LogP contribution in [0, 0.1) is 5.41 Å². The Morgan fingerprint density at radius 3 is 2.50 bits per heavy atom. The average molecular weight is 296 g/mol. The predicted octanol–water partition coefficient (Wildman–Crippen LogP) is 1.39. The molecule has 1 saturated carbocycles. The van der Waals surface area contributed by atoms with Gasteiger partial charge in [0.25, 0.3) is 11.8 Å². The van der Waals surface area contributed by atoms with Crippen LogP contribution in [0.15, 0.2) is 0 Å². The summed E-state index contributed by atoms with van der Waals surface area (Å²) in [6.45, 7) is 2.96. The molecule has 110 valence electrons. The Morgan fingerprint density at radius 1 is 1.40 bits per heavy atom. The number of thiophene rings is 1. The minimum atomic E-state index is -0.611. The molecule has 0 aliphatic heterocycles. The molecule has 7 heteroatoms. The molecule has 0 saturated heterocycles. The van der Waals surface area contributed by atoms with E-state index in [0.717, 1.165) is 17.9 Å². The summed E-state index contributed by atoms with van der Waals surface area (Å²) in [7, 11) is 1.53. The summed E-state index contributed by atoms with van der Waals surface area (Å²) in [6, 6.07) is 0. The van der Waals surface area contributed by atoms with Gasteiger partial charge in [-0.05, 0) is 18.3 Å². The highest BCUT2D eigenvalue weighted by Gasteiger charge is 2.32. The van der Waals surface area contributed by atoms with Gasteiger partial charge in [-0.15, -0.1) is 11.3 Å². The van der Waals surface area contributed by atoms with Gasteiger partial charge in [0.05, 0.1) is 11.3 Å². The number of primary amides is 1. The Hall–Kier alpha value is -1.76. The zero-order chi connectivity index (χ0) is 14.9. The second kappa shape index (κ2) is 5.32. The fourth-order valence-corrected chi connectivity index (χ4v) is 3.32. The Kier molecular flexibility index (Phi) is 3.89. The summed E-state index contributed by atoms with van der Waals surface area (Å²) >= 11 is 1.14. The fourth-order valence-electron chi connectivity index (χ4n) is 2.35. The largest absolute Gasteiger partial charge is 0.397 e. The Balaban J connectivity index is 2.27. The number of hydrogen-bond donors (Lipinski definition) is 4. The molecule has 0 atom stereocenters. The third-order valence-corrected chi connectivity index (χ3v) is 5.04. The number of nitrogen functional groups attached to an aromatic ring is 1. The molecule has 0 aromatic carbocycles. The van der Waals surface area contributed by atoms with Gasteiger partial charge in [-0.1, -0.05) is 13.3 Å². The number of amides is 2. The first-order valence-corrected chi connectivity index (χ1v) is 7.37.